The number of aromatic nitrogens is 5. The van der Waals surface area contributed by atoms with Gasteiger partial charge >= 0.3 is 6.18 Å². The first-order valence-electron chi connectivity index (χ1n) is 12.4. The third kappa shape index (κ3) is 3.72. The van der Waals surface area contributed by atoms with Crippen LogP contribution in [0.25, 0.3) is 11.2 Å². The number of aryl methyl sites for hydroxylation is 3. The van der Waals surface area contributed by atoms with E-state index in [2.05, 4.69) is 4.98 Å². The maximum atomic E-state index is 13.7. The summed E-state index contributed by atoms with van der Waals surface area (Å²) >= 11 is 0. The molecule has 0 spiro atoms. The van der Waals surface area contributed by atoms with E-state index in [9.17, 15) is 18.0 Å². The molecule has 3 aliphatic carbocycles. The van der Waals surface area contributed by atoms with Crippen molar-refractivity contribution in [3.05, 3.63) is 57.2 Å². The van der Waals surface area contributed by atoms with Gasteiger partial charge in [-0.3, -0.25) is 4.79 Å². The molecule has 3 atom stereocenters. The van der Waals surface area contributed by atoms with Crippen molar-refractivity contribution in [2.75, 3.05) is 6.61 Å². The summed E-state index contributed by atoms with van der Waals surface area (Å²) in [5, 5.41) is 0. The molecule has 3 saturated carbocycles. The van der Waals surface area contributed by atoms with Crippen LogP contribution >= 0.6 is 0 Å². The summed E-state index contributed by atoms with van der Waals surface area (Å²) in [6.45, 7) is 4.21. The first-order valence-corrected chi connectivity index (χ1v) is 12.4. The van der Waals surface area contributed by atoms with E-state index in [1.54, 1.807) is 19.3 Å². The summed E-state index contributed by atoms with van der Waals surface area (Å²) in [5.74, 6) is -1.08. The van der Waals surface area contributed by atoms with E-state index in [1.165, 1.54) is 10.6 Å². The highest BCUT2D eigenvalue weighted by molar-refractivity contribution is 5.75. The molecule has 4 aliphatic rings. The van der Waals surface area contributed by atoms with Crippen molar-refractivity contribution in [1.82, 2.24) is 24.5 Å². The lowest BCUT2D eigenvalue weighted by molar-refractivity contribution is -0.180. The third-order valence-corrected chi connectivity index (χ3v) is 8.50. The van der Waals surface area contributed by atoms with E-state index in [0.29, 0.717) is 55.0 Å². The number of alkyl halides is 3. The number of ether oxygens (including phenoxy) is 1. The molecular formula is C26H28F3N5O2. The Kier molecular flexibility index (Phi) is 5.27. The van der Waals surface area contributed by atoms with Crippen LogP contribution in [-0.4, -0.2) is 37.3 Å². The summed E-state index contributed by atoms with van der Waals surface area (Å²) in [4.78, 5) is 31.0. The van der Waals surface area contributed by atoms with Crippen LogP contribution in [0.1, 0.15) is 72.6 Å². The quantitative estimate of drug-likeness (QED) is 0.524. The van der Waals surface area contributed by atoms with Crippen molar-refractivity contribution in [1.29, 1.82) is 0 Å². The van der Waals surface area contributed by atoms with Gasteiger partial charge in [0, 0.05) is 37.3 Å². The highest BCUT2D eigenvalue weighted by Gasteiger charge is 2.65. The van der Waals surface area contributed by atoms with Crippen LogP contribution < -0.4 is 5.56 Å². The third-order valence-electron chi connectivity index (χ3n) is 8.50. The van der Waals surface area contributed by atoms with Crippen molar-refractivity contribution in [3.8, 4) is 0 Å². The van der Waals surface area contributed by atoms with Crippen molar-refractivity contribution >= 4 is 11.2 Å². The summed E-state index contributed by atoms with van der Waals surface area (Å²) in [6.07, 6.45) is -0.321. The van der Waals surface area contributed by atoms with Gasteiger partial charge < -0.3 is 9.30 Å². The minimum Gasteiger partial charge on any atom is -0.373 e. The average molecular weight is 500 g/mol. The lowest BCUT2D eigenvalue weighted by Crippen LogP contribution is -2.35. The van der Waals surface area contributed by atoms with Crippen LogP contribution in [0.3, 0.4) is 0 Å². The molecule has 1 aliphatic heterocycles. The predicted octanol–water partition coefficient (Wildman–Crippen LogP) is 4.60. The Bertz CT molecular complexity index is 1410. The van der Waals surface area contributed by atoms with E-state index < -0.39 is 17.5 Å². The smallest absolute Gasteiger partial charge is 0.373 e. The molecule has 36 heavy (non-hydrogen) atoms. The largest absolute Gasteiger partial charge is 0.392 e. The fraction of sp³-hybridized carbons (Fsp3) is 0.577. The molecule has 7 nitrogen and oxygen atoms in total. The summed E-state index contributed by atoms with van der Waals surface area (Å²) in [7, 11) is 1.70. The lowest BCUT2D eigenvalue weighted by Gasteiger charge is -2.39. The van der Waals surface area contributed by atoms with Crippen LogP contribution in [0.2, 0.25) is 0 Å². The van der Waals surface area contributed by atoms with Crippen LogP contribution in [0.15, 0.2) is 23.1 Å². The van der Waals surface area contributed by atoms with Gasteiger partial charge in [0.05, 0.1) is 29.1 Å². The Labute approximate surface area is 206 Å². The first kappa shape index (κ1) is 23.5. The molecule has 0 aromatic carbocycles. The lowest BCUT2D eigenvalue weighted by atomic mass is 9.67. The molecule has 10 heteroatoms. The number of hydrogen-bond donors (Lipinski definition) is 0. The average Bonchev–Trinajstić information content (AvgIpc) is 3.39. The molecule has 0 radical (unpaired) electrons. The number of nitrogens with zero attached hydrogens (tertiary/aromatic N) is 5. The monoisotopic (exact) mass is 499 g/mol. The van der Waals surface area contributed by atoms with Gasteiger partial charge in [-0.2, -0.15) is 13.2 Å². The van der Waals surface area contributed by atoms with Gasteiger partial charge in [-0.1, -0.05) is 0 Å². The van der Waals surface area contributed by atoms with E-state index in [0.717, 1.165) is 17.0 Å². The summed E-state index contributed by atoms with van der Waals surface area (Å²) < 4.78 is 48.6. The minimum absolute atomic E-state index is 0.0420. The van der Waals surface area contributed by atoms with Gasteiger partial charge in [0.25, 0.3) is 0 Å². The van der Waals surface area contributed by atoms with Crippen LogP contribution in [0.5, 0.6) is 0 Å². The Morgan fingerprint density at radius 3 is 2.50 bits per heavy atom. The van der Waals surface area contributed by atoms with Gasteiger partial charge in [0.2, 0.25) is 5.56 Å². The number of hydrogen-bond acceptors (Lipinski definition) is 6. The zero-order chi connectivity index (χ0) is 25.4. The molecule has 1 saturated heterocycles. The van der Waals surface area contributed by atoms with Gasteiger partial charge in [-0.15, -0.1) is 0 Å². The summed E-state index contributed by atoms with van der Waals surface area (Å²) in [6, 6.07) is 3.31. The van der Waals surface area contributed by atoms with E-state index in [1.807, 2.05) is 13.8 Å². The van der Waals surface area contributed by atoms with E-state index >= 15 is 0 Å². The number of rotatable bonds is 3. The molecule has 0 amide bonds. The fourth-order valence-corrected chi connectivity index (χ4v) is 6.41. The Balaban J connectivity index is 1.40. The minimum atomic E-state index is -4.20. The zero-order valence-corrected chi connectivity index (χ0v) is 20.5. The standard InChI is InChI=1S/C26H28F3N5O2/c1-13-14(2)31-24-21(30-13)22(25-9-17(10-25)18(11-25)26(27,28)29)32-23(33-24)15-6-7-36-19(8-15)16-4-5-20(35)34(3)12-16/h4-5,12,15,17-19H,6-11H2,1-3H3/t15-,17?,18?,19+,25?/m1/s1. The first-order chi connectivity index (χ1) is 17.0. The van der Waals surface area contributed by atoms with Gasteiger partial charge in [0.1, 0.15) is 11.3 Å². The maximum Gasteiger partial charge on any atom is 0.392 e. The second-order valence-electron chi connectivity index (χ2n) is 10.8. The van der Waals surface area contributed by atoms with Gasteiger partial charge in [-0.25, -0.2) is 19.9 Å². The van der Waals surface area contributed by atoms with Gasteiger partial charge in [-0.05, 0) is 63.5 Å². The second-order valence-corrected chi connectivity index (χ2v) is 10.8. The molecule has 7 rings (SSSR count). The van der Waals surface area contributed by atoms with Crippen molar-refractivity contribution in [2.45, 2.75) is 69.6 Å². The summed E-state index contributed by atoms with van der Waals surface area (Å²) in [5.41, 5.74) is 3.28. The SMILES string of the molecule is Cc1nc2nc([C@@H]3CCO[C@H](c4ccc(=O)n(C)c4)C3)nc(C34CC(C3)C(C(F)(F)F)C4)c2nc1C. The highest BCUT2D eigenvalue weighted by atomic mass is 19.4. The topological polar surface area (TPSA) is 82.8 Å². The molecule has 3 aromatic rings. The second kappa shape index (κ2) is 8.06. The van der Waals surface area contributed by atoms with Crippen LogP contribution in [-0.2, 0) is 17.2 Å². The maximum absolute atomic E-state index is 13.7. The Hall–Kier alpha value is -2.88. The van der Waals surface area contributed by atoms with Crippen molar-refractivity contribution in [3.63, 3.8) is 0 Å². The Morgan fingerprint density at radius 1 is 1.06 bits per heavy atom. The van der Waals surface area contributed by atoms with Gasteiger partial charge in [0.15, 0.2) is 5.65 Å². The molecule has 2 bridgehead atoms. The molecule has 190 valence electrons. The highest BCUT2D eigenvalue weighted by Crippen LogP contribution is 2.66. The van der Waals surface area contributed by atoms with Crippen molar-refractivity contribution in [2.24, 2.45) is 18.9 Å². The van der Waals surface area contributed by atoms with Crippen LogP contribution in [0.4, 0.5) is 13.2 Å². The van der Waals surface area contributed by atoms with E-state index in [4.69, 9.17) is 19.7 Å². The molecular weight excluding hydrogens is 471 g/mol. The predicted molar refractivity (Wildman–Crippen MR) is 126 cm³/mol. The Morgan fingerprint density at radius 2 is 1.81 bits per heavy atom. The molecule has 1 unspecified atom stereocenters. The molecule has 4 fully saturated rings. The zero-order valence-electron chi connectivity index (χ0n) is 20.5. The normalized spacial score (nSPS) is 29.9. The van der Waals surface area contributed by atoms with Crippen LogP contribution in [0, 0.1) is 25.7 Å². The molecule has 3 aromatic heterocycles. The number of pyridine rings is 1. The van der Waals surface area contributed by atoms with E-state index in [-0.39, 0.29) is 29.9 Å². The fourth-order valence-electron chi connectivity index (χ4n) is 6.41. The number of halogens is 3. The van der Waals surface area contributed by atoms with Crippen molar-refractivity contribution < 1.29 is 17.9 Å². The molecule has 0 N–H and O–H groups in total. The number of fused-ring (bicyclic) bond motifs is 2. The molecule has 4 heterocycles.